The van der Waals surface area contributed by atoms with Gasteiger partial charge in [0.15, 0.2) is 0 Å². The molecule has 1 aromatic heterocycles. The number of carbonyl (C=O) groups excluding carboxylic acids is 3. The number of furan rings is 1. The van der Waals surface area contributed by atoms with Gasteiger partial charge in [-0.1, -0.05) is 24.3 Å². The lowest BCUT2D eigenvalue weighted by Crippen LogP contribution is -2.40. The van der Waals surface area contributed by atoms with Crippen molar-refractivity contribution in [3.05, 3.63) is 59.9 Å². The van der Waals surface area contributed by atoms with Gasteiger partial charge in [-0.05, 0) is 54.4 Å². The summed E-state index contributed by atoms with van der Waals surface area (Å²) in [5.41, 5.74) is 1.13. The van der Waals surface area contributed by atoms with Crippen molar-refractivity contribution in [1.82, 2.24) is 5.01 Å². The summed E-state index contributed by atoms with van der Waals surface area (Å²) in [6.07, 6.45) is 6.81. The highest BCUT2D eigenvalue weighted by atomic mass is 16.5. The quantitative estimate of drug-likeness (QED) is 0.331. The summed E-state index contributed by atoms with van der Waals surface area (Å²) in [5.74, 6) is 1.07. The van der Waals surface area contributed by atoms with Crippen LogP contribution in [0.5, 0.6) is 0 Å². The average Bonchev–Trinajstić information content (AvgIpc) is 3.44. The maximum absolute atomic E-state index is 13.0. The Kier molecular flexibility index (Phi) is 3.84. The zero-order valence-corrected chi connectivity index (χ0v) is 16.8. The Bertz CT molecular complexity index is 1140. The van der Waals surface area contributed by atoms with Gasteiger partial charge in [0, 0.05) is 5.56 Å². The van der Waals surface area contributed by atoms with Crippen molar-refractivity contribution in [1.29, 1.82) is 0 Å². The third-order valence-electron chi connectivity index (χ3n) is 7.13. The molecule has 0 unspecified atom stereocenters. The normalized spacial score (nSPS) is 32.5. The Morgan fingerprint density at radius 1 is 1.10 bits per heavy atom. The topological polar surface area (TPSA) is 89.2 Å². The highest BCUT2D eigenvalue weighted by Crippen LogP contribution is 2.65. The van der Waals surface area contributed by atoms with Gasteiger partial charge in [-0.15, -0.1) is 0 Å². The molecule has 156 valence electrons. The second-order valence-electron chi connectivity index (χ2n) is 8.66. The summed E-state index contributed by atoms with van der Waals surface area (Å²) in [6.45, 7) is 0. The molecule has 2 heterocycles. The average molecular weight is 416 g/mol. The number of imide groups is 1. The number of ether oxygens (including phenoxy) is 1. The van der Waals surface area contributed by atoms with Crippen molar-refractivity contribution < 1.29 is 23.5 Å². The molecule has 4 aliphatic carbocycles. The highest BCUT2D eigenvalue weighted by molar-refractivity contribution is 6.06. The van der Waals surface area contributed by atoms with Crippen molar-refractivity contribution in [2.75, 3.05) is 7.11 Å². The van der Waals surface area contributed by atoms with Gasteiger partial charge >= 0.3 is 5.97 Å². The first-order chi connectivity index (χ1) is 15.1. The number of rotatable bonds is 4. The number of hydrazone groups is 1. The summed E-state index contributed by atoms with van der Waals surface area (Å²) >= 11 is 0. The van der Waals surface area contributed by atoms with Crippen molar-refractivity contribution in [2.24, 2.45) is 40.6 Å². The second-order valence-corrected chi connectivity index (χ2v) is 8.66. The molecule has 31 heavy (non-hydrogen) atoms. The number of allylic oxidation sites excluding steroid dienone is 2. The Balaban J connectivity index is 1.22. The van der Waals surface area contributed by atoms with Crippen molar-refractivity contribution in [2.45, 2.75) is 6.42 Å². The predicted molar refractivity (Wildman–Crippen MR) is 110 cm³/mol. The molecule has 7 nitrogen and oxygen atoms in total. The van der Waals surface area contributed by atoms with Crippen molar-refractivity contribution >= 4 is 24.0 Å². The number of nitrogens with zero attached hydrogens (tertiary/aromatic N) is 2. The van der Waals surface area contributed by atoms with Gasteiger partial charge in [-0.25, -0.2) is 4.79 Å². The van der Waals surface area contributed by atoms with E-state index in [0.717, 1.165) is 11.4 Å². The van der Waals surface area contributed by atoms with Gasteiger partial charge in [0.2, 0.25) is 0 Å². The van der Waals surface area contributed by atoms with Crippen LogP contribution in [0.1, 0.15) is 22.5 Å². The molecule has 2 amide bonds. The molecule has 2 bridgehead atoms. The van der Waals surface area contributed by atoms with Gasteiger partial charge < -0.3 is 9.15 Å². The maximum Gasteiger partial charge on any atom is 0.337 e. The summed E-state index contributed by atoms with van der Waals surface area (Å²) in [7, 11) is 1.33. The lowest BCUT2D eigenvalue weighted by Gasteiger charge is -2.37. The Labute approximate surface area is 178 Å². The van der Waals surface area contributed by atoms with E-state index in [2.05, 4.69) is 17.3 Å². The van der Waals surface area contributed by atoms with Crippen LogP contribution in [0.2, 0.25) is 0 Å². The standard InChI is InChI=1S/C24H20N2O5/c1-30-24(29)13-4-2-3-12(9-13)19-8-5-14(31-19)11-25-26-22(27)20-15-6-7-16(18-10-17(15)18)21(20)23(26)28/h2-9,11,15-18,20-21H,10H2,1H3/b25-11-/t15-,16+,17-,18-,20+,21-/m1/s1. The summed E-state index contributed by atoms with van der Waals surface area (Å²) in [5, 5.41) is 5.23. The SMILES string of the molecule is COC(=O)c1cccc(-c2ccc(/C=N\N3C(=O)[C@@H]4[C@H]5C=C[C@H]([C@H]6C[C@H]56)[C@@H]4C3=O)o2)c1. The molecule has 5 aliphatic rings. The smallest absolute Gasteiger partial charge is 0.337 e. The van der Waals surface area contributed by atoms with Crippen molar-refractivity contribution in [3.8, 4) is 11.3 Å². The lowest BCUT2D eigenvalue weighted by molar-refractivity contribution is -0.140. The number of hydrogen-bond acceptors (Lipinski definition) is 6. The molecule has 6 atom stereocenters. The molecule has 1 saturated heterocycles. The van der Waals surface area contributed by atoms with Gasteiger partial charge in [0.1, 0.15) is 11.5 Å². The monoisotopic (exact) mass is 416 g/mol. The van der Waals surface area contributed by atoms with E-state index < -0.39 is 5.97 Å². The number of methoxy groups -OCH3 is 1. The molecule has 0 spiro atoms. The molecule has 1 aromatic carbocycles. The van der Waals surface area contributed by atoms with Gasteiger partial charge in [0.25, 0.3) is 11.8 Å². The van der Waals surface area contributed by atoms with E-state index in [9.17, 15) is 14.4 Å². The molecule has 7 rings (SSSR count). The first-order valence-electron chi connectivity index (χ1n) is 10.5. The molecular weight excluding hydrogens is 396 g/mol. The van der Waals surface area contributed by atoms with E-state index >= 15 is 0 Å². The number of hydrogen-bond donors (Lipinski definition) is 0. The van der Waals surface area contributed by atoms with Crippen LogP contribution in [-0.2, 0) is 14.3 Å². The van der Waals surface area contributed by atoms with Gasteiger partial charge in [0.05, 0.1) is 30.7 Å². The fourth-order valence-corrected chi connectivity index (χ4v) is 5.66. The van der Waals surface area contributed by atoms with Crippen LogP contribution in [-0.4, -0.2) is 36.1 Å². The number of carbonyl (C=O) groups is 3. The van der Waals surface area contributed by atoms with Crippen molar-refractivity contribution in [3.63, 3.8) is 0 Å². The molecule has 0 N–H and O–H groups in total. The molecule has 3 fully saturated rings. The largest absolute Gasteiger partial charge is 0.465 e. The zero-order chi connectivity index (χ0) is 21.3. The van der Waals surface area contributed by atoms with Crippen LogP contribution >= 0.6 is 0 Å². The number of benzene rings is 1. The summed E-state index contributed by atoms with van der Waals surface area (Å²) < 4.78 is 10.6. The minimum Gasteiger partial charge on any atom is -0.465 e. The van der Waals surface area contributed by atoms with E-state index in [4.69, 9.17) is 9.15 Å². The lowest BCUT2D eigenvalue weighted by atomic mass is 9.63. The van der Waals surface area contributed by atoms with E-state index in [-0.39, 0.29) is 35.5 Å². The number of esters is 1. The minimum absolute atomic E-state index is 0.175. The Hall–Kier alpha value is -3.48. The van der Waals surface area contributed by atoms with Crippen LogP contribution in [0.25, 0.3) is 11.3 Å². The molecule has 1 aliphatic heterocycles. The molecular formula is C24H20N2O5. The van der Waals surface area contributed by atoms with Crippen LogP contribution < -0.4 is 0 Å². The third-order valence-corrected chi connectivity index (χ3v) is 7.13. The number of amides is 2. The van der Waals surface area contributed by atoms with E-state index in [0.29, 0.717) is 34.5 Å². The minimum atomic E-state index is -0.427. The molecule has 2 aromatic rings. The Morgan fingerprint density at radius 2 is 1.81 bits per heavy atom. The zero-order valence-electron chi connectivity index (χ0n) is 16.8. The van der Waals surface area contributed by atoms with Gasteiger partial charge in [-0.3, -0.25) is 9.59 Å². The first kappa shape index (κ1) is 18.3. The van der Waals surface area contributed by atoms with E-state index in [1.165, 1.54) is 13.3 Å². The van der Waals surface area contributed by atoms with Crippen LogP contribution in [0.3, 0.4) is 0 Å². The first-order valence-corrected chi connectivity index (χ1v) is 10.5. The van der Waals surface area contributed by atoms with Crippen LogP contribution in [0.15, 0.2) is 58.1 Å². The molecule has 2 saturated carbocycles. The third kappa shape index (κ3) is 2.65. The van der Waals surface area contributed by atoms with E-state index in [1.54, 1.807) is 30.3 Å². The molecule has 0 radical (unpaired) electrons. The fourth-order valence-electron chi connectivity index (χ4n) is 5.66. The molecule has 7 heteroatoms. The summed E-state index contributed by atoms with van der Waals surface area (Å²) in [6, 6.07) is 10.4. The van der Waals surface area contributed by atoms with Gasteiger partial charge in [-0.2, -0.15) is 10.1 Å². The highest BCUT2D eigenvalue weighted by Gasteiger charge is 2.67. The Morgan fingerprint density at radius 3 is 2.48 bits per heavy atom. The predicted octanol–water partition coefficient (Wildman–Crippen LogP) is 3.12. The fraction of sp³-hybridized carbons (Fsp3) is 0.333. The van der Waals surface area contributed by atoms with Crippen LogP contribution in [0.4, 0.5) is 0 Å². The van der Waals surface area contributed by atoms with Crippen LogP contribution in [0, 0.1) is 35.5 Å². The second kappa shape index (κ2) is 6.51. The summed E-state index contributed by atoms with van der Waals surface area (Å²) in [4.78, 5) is 37.7. The maximum atomic E-state index is 13.0. The van der Waals surface area contributed by atoms with E-state index in [1.807, 2.05) is 6.07 Å².